The lowest BCUT2D eigenvalue weighted by molar-refractivity contribution is 0.104. The van der Waals surface area contributed by atoms with E-state index in [2.05, 4.69) is 41.0 Å². The fourth-order valence-corrected chi connectivity index (χ4v) is 3.94. The number of hydrogen-bond acceptors (Lipinski definition) is 4. The van der Waals surface area contributed by atoms with Crippen LogP contribution in [0.15, 0.2) is 48.0 Å². The van der Waals surface area contributed by atoms with Gasteiger partial charge in [0.2, 0.25) is 0 Å². The minimum Gasteiger partial charge on any atom is -0.497 e. The summed E-state index contributed by atoms with van der Waals surface area (Å²) < 4.78 is 5.27. The molecule has 1 heterocycles. The van der Waals surface area contributed by atoms with E-state index in [9.17, 15) is 4.79 Å². The molecule has 140 valence electrons. The maximum absolute atomic E-state index is 12.7. The van der Waals surface area contributed by atoms with Crippen LogP contribution < -0.4 is 9.64 Å². The van der Waals surface area contributed by atoms with Crippen molar-refractivity contribution >= 4 is 17.5 Å². The molecule has 1 aliphatic carbocycles. The molecule has 4 rings (SSSR count). The zero-order valence-electron chi connectivity index (χ0n) is 16.1. The van der Waals surface area contributed by atoms with Crippen molar-refractivity contribution in [3.05, 3.63) is 64.7 Å². The Kier molecular flexibility index (Phi) is 4.99. The number of nitrogens with zero attached hydrogens (tertiary/aromatic N) is 2. The largest absolute Gasteiger partial charge is 0.497 e. The Hall–Kier alpha value is -2.59. The van der Waals surface area contributed by atoms with Gasteiger partial charge in [-0.05, 0) is 54.1 Å². The van der Waals surface area contributed by atoms with Crippen LogP contribution >= 0.6 is 0 Å². The predicted octanol–water partition coefficient (Wildman–Crippen LogP) is 3.66. The van der Waals surface area contributed by atoms with Gasteiger partial charge in [0.25, 0.3) is 0 Å². The first-order chi connectivity index (χ1) is 13.2. The highest BCUT2D eigenvalue weighted by Gasteiger charge is 2.25. The number of Topliss-reactive ketones (excluding diaryl/α,β-unsaturated/α-hetero) is 1. The van der Waals surface area contributed by atoms with Crippen molar-refractivity contribution in [2.75, 3.05) is 44.7 Å². The number of benzene rings is 2. The second-order valence-electron chi connectivity index (χ2n) is 7.21. The van der Waals surface area contributed by atoms with Gasteiger partial charge in [-0.3, -0.25) is 4.79 Å². The third kappa shape index (κ3) is 3.62. The third-order valence-electron chi connectivity index (χ3n) is 5.65. The quantitative estimate of drug-likeness (QED) is 0.777. The van der Waals surface area contributed by atoms with Crippen molar-refractivity contribution in [2.45, 2.75) is 13.3 Å². The highest BCUT2D eigenvalue weighted by molar-refractivity contribution is 6.15. The molecule has 2 aromatic rings. The lowest BCUT2D eigenvalue weighted by Gasteiger charge is -2.35. The maximum Gasteiger partial charge on any atom is 0.189 e. The molecule has 0 N–H and O–H groups in total. The van der Waals surface area contributed by atoms with E-state index < -0.39 is 0 Å². The Morgan fingerprint density at radius 3 is 2.44 bits per heavy atom. The first-order valence-corrected chi connectivity index (χ1v) is 9.67. The molecule has 0 saturated carbocycles. The van der Waals surface area contributed by atoms with E-state index in [1.807, 2.05) is 24.3 Å². The Morgan fingerprint density at radius 2 is 1.78 bits per heavy atom. The van der Waals surface area contributed by atoms with Crippen molar-refractivity contribution in [1.82, 2.24) is 4.90 Å². The average molecular weight is 362 g/mol. The molecule has 1 fully saturated rings. The molecule has 4 nitrogen and oxygen atoms in total. The number of fused-ring (bicyclic) bond motifs is 1. The molecule has 0 amide bonds. The Morgan fingerprint density at radius 1 is 1.04 bits per heavy atom. The Bertz CT molecular complexity index is 862. The van der Waals surface area contributed by atoms with E-state index >= 15 is 0 Å². The van der Waals surface area contributed by atoms with Gasteiger partial charge >= 0.3 is 0 Å². The monoisotopic (exact) mass is 362 g/mol. The van der Waals surface area contributed by atoms with E-state index in [0.29, 0.717) is 6.42 Å². The highest BCUT2D eigenvalue weighted by Crippen LogP contribution is 2.31. The van der Waals surface area contributed by atoms with Gasteiger partial charge in [-0.1, -0.05) is 19.1 Å². The van der Waals surface area contributed by atoms with Crippen LogP contribution in [0.2, 0.25) is 0 Å². The summed E-state index contributed by atoms with van der Waals surface area (Å²) in [6.07, 6.45) is 2.69. The van der Waals surface area contributed by atoms with E-state index in [0.717, 1.165) is 60.7 Å². The SMILES string of the molecule is CCN1CCN(c2ccc(/C=C3/Cc4cc(OC)ccc4C3=O)cc2)CC1. The molecule has 0 atom stereocenters. The van der Waals surface area contributed by atoms with Gasteiger partial charge in [-0.15, -0.1) is 0 Å². The molecule has 1 aliphatic heterocycles. The van der Waals surface area contributed by atoms with E-state index in [1.54, 1.807) is 7.11 Å². The van der Waals surface area contributed by atoms with Crippen LogP contribution in [0.3, 0.4) is 0 Å². The first-order valence-electron chi connectivity index (χ1n) is 9.67. The lowest BCUT2D eigenvalue weighted by atomic mass is 10.1. The summed E-state index contributed by atoms with van der Waals surface area (Å²) in [5.74, 6) is 0.933. The normalized spacial score (nSPS) is 18.8. The minimum absolute atomic E-state index is 0.132. The average Bonchev–Trinajstić information content (AvgIpc) is 3.03. The summed E-state index contributed by atoms with van der Waals surface area (Å²) >= 11 is 0. The number of hydrogen-bond donors (Lipinski definition) is 0. The number of likely N-dealkylation sites (N-methyl/N-ethyl adjacent to an activating group) is 1. The topological polar surface area (TPSA) is 32.8 Å². The van der Waals surface area contributed by atoms with Crippen LogP contribution in [-0.4, -0.2) is 50.5 Å². The second kappa shape index (κ2) is 7.57. The molecule has 2 aliphatic rings. The molecule has 0 spiro atoms. The van der Waals surface area contributed by atoms with E-state index in [4.69, 9.17) is 4.74 Å². The molecule has 1 saturated heterocycles. The number of carbonyl (C=O) groups excluding carboxylic acids is 1. The standard InChI is InChI=1S/C23H26N2O2/c1-3-24-10-12-25(13-11-24)20-6-4-17(5-7-20)14-19-15-18-16-21(27-2)8-9-22(18)23(19)26/h4-9,14,16H,3,10-13,15H2,1-2H3/b19-14-. The zero-order valence-corrected chi connectivity index (χ0v) is 16.1. The van der Waals surface area contributed by atoms with Gasteiger partial charge in [-0.2, -0.15) is 0 Å². The van der Waals surface area contributed by atoms with Crippen molar-refractivity contribution in [3.63, 3.8) is 0 Å². The fourth-order valence-electron chi connectivity index (χ4n) is 3.94. The van der Waals surface area contributed by atoms with Crippen molar-refractivity contribution in [3.8, 4) is 5.75 Å². The summed E-state index contributed by atoms with van der Waals surface area (Å²) in [5.41, 5.74) is 5.04. The molecule has 0 bridgehead atoms. The Balaban J connectivity index is 1.48. The molecule has 0 aromatic heterocycles. The van der Waals surface area contributed by atoms with Crippen LogP contribution in [0.25, 0.3) is 6.08 Å². The number of methoxy groups -OCH3 is 1. The number of carbonyl (C=O) groups is 1. The summed E-state index contributed by atoms with van der Waals surface area (Å²) in [7, 11) is 1.65. The van der Waals surface area contributed by atoms with Gasteiger partial charge in [0.05, 0.1) is 7.11 Å². The first kappa shape index (κ1) is 17.8. The third-order valence-corrected chi connectivity index (χ3v) is 5.65. The smallest absolute Gasteiger partial charge is 0.189 e. The van der Waals surface area contributed by atoms with Crippen molar-refractivity contribution in [1.29, 1.82) is 0 Å². The lowest BCUT2D eigenvalue weighted by Crippen LogP contribution is -2.46. The molecule has 4 heteroatoms. The number of ether oxygens (including phenoxy) is 1. The number of piperazine rings is 1. The summed E-state index contributed by atoms with van der Waals surface area (Å²) in [4.78, 5) is 17.6. The van der Waals surface area contributed by atoms with Crippen molar-refractivity contribution < 1.29 is 9.53 Å². The van der Waals surface area contributed by atoms with Gasteiger partial charge in [0.1, 0.15) is 5.75 Å². The fraction of sp³-hybridized carbons (Fsp3) is 0.348. The number of anilines is 1. The molecule has 0 unspecified atom stereocenters. The summed E-state index contributed by atoms with van der Waals surface area (Å²) in [5, 5.41) is 0. The summed E-state index contributed by atoms with van der Waals surface area (Å²) in [6.45, 7) is 7.74. The van der Waals surface area contributed by atoms with Crippen LogP contribution in [0.1, 0.15) is 28.4 Å². The van der Waals surface area contributed by atoms with Crippen molar-refractivity contribution in [2.24, 2.45) is 0 Å². The molecule has 0 radical (unpaired) electrons. The Labute approximate surface area is 161 Å². The molecule has 27 heavy (non-hydrogen) atoms. The summed E-state index contributed by atoms with van der Waals surface area (Å²) in [6, 6.07) is 14.3. The van der Waals surface area contributed by atoms with Crippen LogP contribution in [0.4, 0.5) is 5.69 Å². The minimum atomic E-state index is 0.132. The predicted molar refractivity (Wildman–Crippen MR) is 110 cm³/mol. The molecular formula is C23H26N2O2. The zero-order chi connectivity index (χ0) is 18.8. The van der Waals surface area contributed by atoms with E-state index in [1.165, 1.54) is 5.69 Å². The highest BCUT2D eigenvalue weighted by atomic mass is 16.5. The van der Waals surface area contributed by atoms with Gasteiger partial charge in [-0.25, -0.2) is 0 Å². The second-order valence-corrected chi connectivity index (χ2v) is 7.21. The van der Waals surface area contributed by atoms with Gasteiger partial charge in [0.15, 0.2) is 5.78 Å². The van der Waals surface area contributed by atoms with E-state index in [-0.39, 0.29) is 5.78 Å². The number of allylic oxidation sites excluding steroid dienone is 1. The number of ketones is 1. The van der Waals surface area contributed by atoms with Crippen LogP contribution in [-0.2, 0) is 6.42 Å². The molecule has 2 aromatic carbocycles. The maximum atomic E-state index is 12.7. The molecular weight excluding hydrogens is 336 g/mol. The van der Waals surface area contributed by atoms with Gasteiger partial charge in [0, 0.05) is 49.4 Å². The van der Waals surface area contributed by atoms with Gasteiger partial charge < -0.3 is 14.5 Å². The van der Waals surface area contributed by atoms with Crippen LogP contribution in [0, 0.1) is 0 Å². The number of rotatable bonds is 4. The van der Waals surface area contributed by atoms with Crippen LogP contribution in [0.5, 0.6) is 5.75 Å².